The largest absolute Gasteiger partial charge is 0.463 e. The molecule has 1 aromatic carbocycles. The number of ketones is 1. The second-order valence-electron chi connectivity index (χ2n) is 3.24. The van der Waals surface area contributed by atoms with Gasteiger partial charge in [-0.15, -0.1) is 0 Å². The summed E-state index contributed by atoms with van der Waals surface area (Å²) >= 11 is 3.36. The normalized spacial score (nSPS) is 9.87. The van der Waals surface area contributed by atoms with Crippen LogP contribution in [-0.4, -0.2) is 18.9 Å². The predicted octanol–water partition coefficient (Wildman–Crippen LogP) is 2.42. The van der Waals surface area contributed by atoms with Gasteiger partial charge < -0.3 is 4.74 Å². The fourth-order valence-electron chi connectivity index (χ4n) is 1.23. The van der Waals surface area contributed by atoms with Gasteiger partial charge in [-0.05, 0) is 37.1 Å². The van der Waals surface area contributed by atoms with Gasteiger partial charge in [0.2, 0.25) is 0 Å². The Kier molecular flexibility index (Phi) is 3.63. The van der Waals surface area contributed by atoms with Crippen LogP contribution in [0.15, 0.2) is 16.6 Å². The first-order chi connectivity index (χ1) is 6.97. The molecule has 0 aliphatic rings. The molecule has 0 saturated heterocycles. The molecule has 0 spiro atoms. The molecule has 0 N–H and O–H groups in total. The zero-order chi connectivity index (χ0) is 11.6. The molecular formula is C11H11BrO3. The van der Waals surface area contributed by atoms with Crippen LogP contribution in [0.4, 0.5) is 0 Å². The minimum Gasteiger partial charge on any atom is -0.463 e. The Hall–Kier alpha value is -1.16. The Morgan fingerprint density at radius 1 is 1.20 bits per heavy atom. The molecule has 0 bridgehead atoms. The second kappa shape index (κ2) is 4.57. The lowest BCUT2D eigenvalue weighted by Crippen LogP contribution is -2.17. The molecule has 0 atom stereocenters. The van der Waals surface area contributed by atoms with E-state index in [-0.39, 0.29) is 0 Å². The molecule has 0 saturated carbocycles. The number of aryl methyl sites for hydroxylation is 2. The minimum absolute atomic E-state index is 0.391. The van der Waals surface area contributed by atoms with Gasteiger partial charge in [0.25, 0.3) is 5.78 Å². The van der Waals surface area contributed by atoms with Crippen molar-refractivity contribution in [1.82, 2.24) is 0 Å². The number of hydrogen-bond donors (Lipinski definition) is 0. The second-order valence-corrected chi connectivity index (χ2v) is 4.09. The van der Waals surface area contributed by atoms with E-state index in [2.05, 4.69) is 20.7 Å². The molecule has 0 aromatic heterocycles. The minimum atomic E-state index is -0.833. The van der Waals surface area contributed by atoms with Gasteiger partial charge in [0.05, 0.1) is 7.11 Å². The van der Waals surface area contributed by atoms with Crippen molar-refractivity contribution in [2.75, 3.05) is 7.11 Å². The van der Waals surface area contributed by atoms with Crippen molar-refractivity contribution in [2.45, 2.75) is 13.8 Å². The lowest BCUT2D eigenvalue weighted by molar-refractivity contribution is -0.135. The average molecular weight is 271 g/mol. The molecule has 0 aliphatic heterocycles. The number of rotatable bonds is 2. The molecule has 0 fully saturated rings. The highest BCUT2D eigenvalue weighted by molar-refractivity contribution is 9.10. The molecule has 0 unspecified atom stereocenters. The maximum absolute atomic E-state index is 11.6. The van der Waals surface area contributed by atoms with Crippen LogP contribution in [0.2, 0.25) is 0 Å². The number of Topliss-reactive ketones (excluding diaryl/α,β-unsaturated/α-hetero) is 1. The fraction of sp³-hybridized carbons (Fsp3) is 0.273. The quantitative estimate of drug-likeness (QED) is 0.471. The van der Waals surface area contributed by atoms with E-state index in [9.17, 15) is 9.59 Å². The van der Waals surface area contributed by atoms with Crippen molar-refractivity contribution in [1.29, 1.82) is 0 Å². The van der Waals surface area contributed by atoms with Crippen LogP contribution in [0.1, 0.15) is 21.5 Å². The topological polar surface area (TPSA) is 43.4 Å². The van der Waals surface area contributed by atoms with Crippen molar-refractivity contribution < 1.29 is 14.3 Å². The van der Waals surface area contributed by atoms with Crippen molar-refractivity contribution >= 4 is 27.7 Å². The maximum atomic E-state index is 11.6. The van der Waals surface area contributed by atoms with Gasteiger partial charge in [-0.3, -0.25) is 4.79 Å². The summed E-state index contributed by atoms with van der Waals surface area (Å²) in [5.41, 5.74) is 2.05. The third kappa shape index (κ3) is 2.45. The van der Waals surface area contributed by atoms with Crippen molar-refractivity contribution in [2.24, 2.45) is 0 Å². The van der Waals surface area contributed by atoms with Crippen LogP contribution in [0.25, 0.3) is 0 Å². The average Bonchev–Trinajstić information content (AvgIpc) is 2.21. The van der Waals surface area contributed by atoms with E-state index in [1.807, 2.05) is 13.0 Å². The predicted molar refractivity (Wildman–Crippen MR) is 60.0 cm³/mol. The van der Waals surface area contributed by atoms with Gasteiger partial charge in [0.15, 0.2) is 0 Å². The summed E-state index contributed by atoms with van der Waals surface area (Å²) in [5.74, 6) is -1.44. The van der Waals surface area contributed by atoms with Crippen LogP contribution in [0.5, 0.6) is 0 Å². The summed E-state index contributed by atoms with van der Waals surface area (Å²) < 4.78 is 5.31. The molecule has 4 heteroatoms. The Balaban J connectivity index is 3.21. The van der Waals surface area contributed by atoms with Crippen molar-refractivity contribution in [3.63, 3.8) is 0 Å². The van der Waals surface area contributed by atoms with Gasteiger partial charge in [-0.2, -0.15) is 0 Å². The molecule has 80 valence electrons. The molecule has 0 heterocycles. The number of methoxy groups -OCH3 is 1. The van der Waals surface area contributed by atoms with E-state index < -0.39 is 11.8 Å². The highest BCUT2D eigenvalue weighted by Gasteiger charge is 2.19. The lowest BCUT2D eigenvalue weighted by atomic mass is 10.0. The highest BCUT2D eigenvalue weighted by atomic mass is 79.9. The van der Waals surface area contributed by atoms with Gasteiger partial charge >= 0.3 is 5.97 Å². The summed E-state index contributed by atoms with van der Waals surface area (Å²) in [6.45, 7) is 3.64. The third-order valence-electron chi connectivity index (χ3n) is 2.12. The van der Waals surface area contributed by atoms with Crippen molar-refractivity contribution in [3.05, 3.63) is 33.3 Å². The maximum Gasteiger partial charge on any atom is 0.379 e. The first-order valence-corrected chi connectivity index (χ1v) is 5.16. The molecular weight excluding hydrogens is 260 g/mol. The molecule has 1 aromatic rings. The molecule has 1 rings (SSSR count). The number of halogens is 1. The lowest BCUT2D eigenvalue weighted by Gasteiger charge is -2.06. The SMILES string of the molecule is COC(=O)C(=O)c1cc(C)c(Br)cc1C. The summed E-state index contributed by atoms with van der Waals surface area (Å²) in [6, 6.07) is 3.49. The monoisotopic (exact) mass is 270 g/mol. The molecule has 0 aliphatic carbocycles. The standard InChI is InChI=1S/C11H11BrO3/c1-6-5-9(12)7(2)4-8(6)10(13)11(14)15-3/h4-5H,1-3H3. The highest BCUT2D eigenvalue weighted by Crippen LogP contribution is 2.21. The van der Waals surface area contributed by atoms with E-state index in [0.717, 1.165) is 15.6 Å². The summed E-state index contributed by atoms with van der Waals surface area (Å²) in [7, 11) is 1.20. The van der Waals surface area contributed by atoms with Gasteiger partial charge in [-0.25, -0.2) is 4.79 Å². The van der Waals surface area contributed by atoms with Crippen LogP contribution in [0, 0.1) is 13.8 Å². The summed E-state index contributed by atoms with van der Waals surface area (Å²) in [4.78, 5) is 22.6. The Morgan fingerprint density at radius 3 is 2.33 bits per heavy atom. The number of esters is 1. The molecule has 15 heavy (non-hydrogen) atoms. The Labute approximate surface area is 96.6 Å². The van der Waals surface area contributed by atoms with Crippen LogP contribution >= 0.6 is 15.9 Å². The Bertz CT molecular complexity index is 424. The van der Waals surface area contributed by atoms with Crippen LogP contribution in [0.3, 0.4) is 0 Å². The number of carbonyl (C=O) groups excluding carboxylic acids is 2. The molecule has 3 nitrogen and oxygen atoms in total. The Morgan fingerprint density at radius 2 is 1.80 bits per heavy atom. The third-order valence-corrected chi connectivity index (χ3v) is 2.98. The first kappa shape index (κ1) is 11.9. The fourth-order valence-corrected chi connectivity index (χ4v) is 1.69. The van der Waals surface area contributed by atoms with Crippen molar-refractivity contribution in [3.8, 4) is 0 Å². The number of carbonyl (C=O) groups is 2. The number of benzene rings is 1. The summed E-state index contributed by atoms with van der Waals surface area (Å²) in [5, 5.41) is 0. The van der Waals surface area contributed by atoms with Gasteiger partial charge in [0.1, 0.15) is 0 Å². The summed E-state index contributed by atoms with van der Waals surface area (Å²) in [6.07, 6.45) is 0. The van der Waals surface area contributed by atoms with Crippen LogP contribution in [-0.2, 0) is 9.53 Å². The number of hydrogen-bond acceptors (Lipinski definition) is 3. The van der Waals surface area contributed by atoms with E-state index in [0.29, 0.717) is 5.56 Å². The van der Waals surface area contributed by atoms with Gasteiger partial charge in [-0.1, -0.05) is 15.9 Å². The van der Waals surface area contributed by atoms with E-state index in [1.165, 1.54) is 7.11 Å². The smallest absolute Gasteiger partial charge is 0.379 e. The van der Waals surface area contributed by atoms with E-state index in [1.54, 1.807) is 13.0 Å². The van der Waals surface area contributed by atoms with Gasteiger partial charge in [0, 0.05) is 10.0 Å². The van der Waals surface area contributed by atoms with E-state index >= 15 is 0 Å². The zero-order valence-electron chi connectivity index (χ0n) is 8.76. The molecule has 0 radical (unpaired) electrons. The zero-order valence-corrected chi connectivity index (χ0v) is 10.3. The van der Waals surface area contributed by atoms with Crippen LogP contribution < -0.4 is 0 Å². The first-order valence-electron chi connectivity index (χ1n) is 4.36. The number of ether oxygens (including phenoxy) is 1. The molecule has 0 amide bonds. The van der Waals surface area contributed by atoms with E-state index in [4.69, 9.17) is 0 Å².